The SMILES string of the molecule is Oc1ccc2c(c1)C(c1ccccc1)C(O)O2. The number of hydrogen-bond donors (Lipinski definition) is 2. The van der Waals surface area contributed by atoms with Gasteiger partial charge in [-0.25, -0.2) is 0 Å². The van der Waals surface area contributed by atoms with E-state index in [2.05, 4.69) is 0 Å². The van der Waals surface area contributed by atoms with Crippen LogP contribution in [0.15, 0.2) is 48.5 Å². The van der Waals surface area contributed by atoms with Gasteiger partial charge in [-0.2, -0.15) is 0 Å². The number of aromatic hydroxyl groups is 1. The molecule has 86 valence electrons. The van der Waals surface area contributed by atoms with Crippen molar-refractivity contribution in [2.24, 2.45) is 0 Å². The molecule has 0 aliphatic carbocycles. The van der Waals surface area contributed by atoms with Crippen molar-refractivity contribution in [3.05, 3.63) is 59.7 Å². The number of fused-ring (bicyclic) bond motifs is 1. The summed E-state index contributed by atoms with van der Waals surface area (Å²) in [6.45, 7) is 0. The van der Waals surface area contributed by atoms with Gasteiger partial charge in [0.2, 0.25) is 6.29 Å². The van der Waals surface area contributed by atoms with Crippen molar-refractivity contribution in [1.29, 1.82) is 0 Å². The van der Waals surface area contributed by atoms with E-state index in [4.69, 9.17) is 4.74 Å². The number of phenolic OH excluding ortho intramolecular Hbond substituents is 1. The molecule has 2 aromatic rings. The topological polar surface area (TPSA) is 49.7 Å². The Balaban J connectivity index is 2.11. The summed E-state index contributed by atoms with van der Waals surface area (Å²) in [6, 6.07) is 14.5. The zero-order chi connectivity index (χ0) is 11.8. The van der Waals surface area contributed by atoms with Crippen LogP contribution >= 0.6 is 0 Å². The Bertz CT molecular complexity index is 536. The fraction of sp³-hybridized carbons (Fsp3) is 0.143. The third-order valence-electron chi connectivity index (χ3n) is 3.02. The van der Waals surface area contributed by atoms with Crippen LogP contribution in [-0.2, 0) is 0 Å². The second-order valence-corrected chi connectivity index (χ2v) is 4.12. The van der Waals surface area contributed by atoms with Crippen molar-refractivity contribution < 1.29 is 14.9 Å². The van der Waals surface area contributed by atoms with E-state index >= 15 is 0 Å². The highest BCUT2D eigenvalue weighted by Crippen LogP contribution is 2.42. The molecule has 0 bridgehead atoms. The minimum atomic E-state index is -0.894. The van der Waals surface area contributed by atoms with E-state index in [9.17, 15) is 10.2 Å². The highest BCUT2D eigenvalue weighted by molar-refractivity contribution is 5.49. The van der Waals surface area contributed by atoms with Crippen LogP contribution in [0.1, 0.15) is 17.0 Å². The molecular weight excluding hydrogens is 216 g/mol. The summed E-state index contributed by atoms with van der Waals surface area (Å²) in [6.07, 6.45) is -0.894. The molecule has 2 unspecified atom stereocenters. The first-order valence-corrected chi connectivity index (χ1v) is 5.48. The Kier molecular flexibility index (Phi) is 2.27. The number of hydrogen-bond acceptors (Lipinski definition) is 3. The Morgan fingerprint density at radius 2 is 1.76 bits per heavy atom. The lowest BCUT2D eigenvalue weighted by atomic mass is 9.92. The summed E-state index contributed by atoms with van der Waals surface area (Å²) in [7, 11) is 0. The average Bonchev–Trinajstić information content (AvgIpc) is 2.65. The highest BCUT2D eigenvalue weighted by atomic mass is 16.6. The molecule has 3 nitrogen and oxygen atoms in total. The molecule has 0 saturated carbocycles. The Hall–Kier alpha value is -2.00. The predicted octanol–water partition coefficient (Wildman–Crippen LogP) is 2.23. The Labute approximate surface area is 98.9 Å². The van der Waals surface area contributed by atoms with E-state index < -0.39 is 6.29 Å². The quantitative estimate of drug-likeness (QED) is 0.787. The standard InChI is InChI=1S/C14H12O3/c15-10-6-7-12-11(8-10)13(14(16)17-12)9-4-2-1-3-5-9/h1-8,13-16H. The van der Waals surface area contributed by atoms with Gasteiger partial charge in [0.1, 0.15) is 11.5 Å². The second kappa shape index (κ2) is 3.79. The van der Waals surface area contributed by atoms with Gasteiger partial charge in [0, 0.05) is 5.56 Å². The second-order valence-electron chi connectivity index (χ2n) is 4.12. The Morgan fingerprint density at radius 1 is 1.00 bits per heavy atom. The molecule has 1 heterocycles. The maximum atomic E-state index is 9.95. The van der Waals surface area contributed by atoms with E-state index in [-0.39, 0.29) is 11.7 Å². The molecule has 0 radical (unpaired) electrons. The molecule has 2 atom stereocenters. The van der Waals surface area contributed by atoms with E-state index in [0.29, 0.717) is 5.75 Å². The van der Waals surface area contributed by atoms with E-state index in [0.717, 1.165) is 11.1 Å². The van der Waals surface area contributed by atoms with E-state index in [1.807, 2.05) is 30.3 Å². The fourth-order valence-corrected chi connectivity index (χ4v) is 2.24. The summed E-state index contributed by atoms with van der Waals surface area (Å²) in [5.41, 5.74) is 1.80. The third kappa shape index (κ3) is 1.65. The molecular formula is C14H12O3. The van der Waals surface area contributed by atoms with Crippen LogP contribution in [0.25, 0.3) is 0 Å². The number of phenols is 1. The third-order valence-corrected chi connectivity index (χ3v) is 3.02. The molecule has 0 amide bonds. The average molecular weight is 228 g/mol. The van der Waals surface area contributed by atoms with Gasteiger partial charge in [-0.15, -0.1) is 0 Å². The lowest BCUT2D eigenvalue weighted by Gasteiger charge is -2.13. The first-order valence-electron chi connectivity index (χ1n) is 5.48. The number of benzene rings is 2. The summed E-state index contributed by atoms with van der Waals surface area (Å²) >= 11 is 0. The maximum Gasteiger partial charge on any atom is 0.208 e. The monoisotopic (exact) mass is 228 g/mol. The van der Waals surface area contributed by atoms with Gasteiger partial charge in [0.25, 0.3) is 0 Å². The van der Waals surface area contributed by atoms with Gasteiger partial charge in [-0.3, -0.25) is 0 Å². The zero-order valence-electron chi connectivity index (χ0n) is 9.08. The number of aliphatic hydroxyl groups excluding tert-OH is 1. The molecule has 2 aromatic carbocycles. The van der Waals surface area contributed by atoms with Crippen molar-refractivity contribution in [3.8, 4) is 11.5 Å². The Morgan fingerprint density at radius 3 is 2.53 bits per heavy atom. The predicted molar refractivity (Wildman–Crippen MR) is 63.0 cm³/mol. The van der Waals surface area contributed by atoms with E-state index in [1.54, 1.807) is 18.2 Å². The van der Waals surface area contributed by atoms with Crippen molar-refractivity contribution in [2.45, 2.75) is 12.2 Å². The van der Waals surface area contributed by atoms with Gasteiger partial charge in [-0.05, 0) is 23.8 Å². The number of ether oxygens (including phenoxy) is 1. The molecule has 17 heavy (non-hydrogen) atoms. The molecule has 2 N–H and O–H groups in total. The smallest absolute Gasteiger partial charge is 0.208 e. The summed E-state index contributed by atoms with van der Waals surface area (Å²) in [5, 5.41) is 19.5. The molecule has 0 saturated heterocycles. The van der Waals surface area contributed by atoms with Gasteiger partial charge < -0.3 is 14.9 Å². The van der Waals surface area contributed by atoms with Gasteiger partial charge in [0.05, 0.1) is 5.92 Å². The summed E-state index contributed by atoms with van der Waals surface area (Å²) < 4.78 is 5.37. The first-order chi connectivity index (χ1) is 8.25. The van der Waals surface area contributed by atoms with Crippen LogP contribution in [-0.4, -0.2) is 16.5 Å². The normalized spacial score (nSPS) is 21.9. The zero-order valence-corrected chi connectivity index (χ0v) is 9.08. The van der Waals surface area contributed by atoms with E-state index in [1.165, 1.54) is 0 Å². The number of aliphatic hydroxyl groups is 1. The molecule has 0 spiro atoms. The van der Waals surface area contributed by atoms with Crippen LogP contribution in [0.2, 0.25) is 0 Å². The summed E-state index contributed by atoms with van der Waals surface area (Å²) in [5.74, 6) is 0.574. The largest absolute Gasteiger partial charge is 0.508 e. The van der Waals surface area contributed by atoms with Crippen LogP contribution in [0, 0.1) is 0 Å². The maximum absolute atomic E-state index is 9.95. The number of rotatable bonds is 1. The van der Waals surface area contributed by atoms with Crippen molar-refractivity contribution in [1.82, 2.24) is 0 Å². The molecule has 3 heteroatoms. The van der Waals surface area contributed by atoms with Crippen LogP contribution in [0.3, 0.4) is 0 Å². The van der Waals surface area contributed by atoms with Crippen molar-refractivity contribution >= 4 is 0 Å². The summed E-state index contributed by atoms with van der Waals surface area (Å²) in [4.78, 5) is 0. The fourth-order valence-electron chi connectivity index (χ4n) is 2.24. The van der Waals surface area contributed by atoms with Gasteiger partial charge >= 0.3 is 0 Å². The first kappa shape index (κ1) is 10.2. The van der Waals surface area contributed by atoms with Crippen molar-refractivity contribution in [3.63, 3.8) is 0 Å². The minimum Gasteiger partial charge on any atom is -0.508 e. The van der Waals surface area contributed by atoms with Crippen LogP contribution < -0.4 is 4.74 Å². The highest BCUT2D eigenvalue weighted by Gasteiger charge is 2.34. The molecule has 1 aliphatic rings. The van der Waals surface area contributed by atoms with Crippen molar-refractivity contribution in [2.75, 3.05) is 0 Å². The van der Waals surface area contributed by atoms with Gasteiger partial charge in [-0.1, -0.05) is 30.3 Å². The molecule has 3 rings (SSSR count). The molecule has 1 aliphatic heterocycles. The van der Waals surface area contributed by atoms with Crippen LogP contribution in [0.4, 0.5) is 0 Å². The lowest BCUT2D eigenvalue weighted by molar-refractivity contribution is -0.00965. The molecule has 0 fully saturated rings. The van der Waals surface area contributed by atoms with Gasteiger partial charge in [0.15, 0.2) is 0 Å². The molecule has 0 aromatic heterocycles. The lowest BCUT2D eigenvalue weighted by Crippen LogP contribution is -2.18. The minimum absolute atomic E-state index is 0.183. The van der Waals surface area contributed by atoms with Crippen LogP contribution in [0.5, 0.6) is 11.5 Å².